The molecule has 0 aliphatic rings. The third-order valence-electron chi connectivity index (χ3n) is 4.12. The summed E-state index contributed by atoms with van der Waals surface area (Å²) in [6.45, 7) is -1.39. The molecule has 3 N–H and O–H groups in total. The summed E-state index contributed by atoms with van der Waals surface area (Å²) >= 11 is 0. The van der Waals surface area contributed by atoms with Gasteiger partial charge in [-0.3, -0.25) is 14.4 Å². The molecule has 0 bridgehead atoms. The Kier molecular flexibility index (Phi) is 6.00. The predicted octanol–water partition coefficient (Wildman–Crippen LogP) is 1.27. The lowest BCUT2D eigenvalue weighted by molar-refractivity contribution is -0.124. The Hall–Kier alpha value is -4.22. The molecule has 0 aliphatic carbocycles. The van der Waals surface area contributed by atoms with E-state index in [0.717, 1.165) is 6.07 Å². The quantitative estimate of drug-likeness (QED) is 0.501. The van der Waals surface area contributed by atoms with Crippen molar-refractivity contribution in [1.29, 1.82) is 0 Å². The number of carboxylic acid groups (broad SMARTS) is 1. The number of hydrogen-bond donors (Lipinski definition) is 3. The fourth-order valence-electron chi connectivity index (χ4n) is 2.69. The van der Waals surface area contributed by atoms with E-state index in [1.807, 2.05) is 5.32 Å². The highest BCUT2D eigenvalue weighted by molar-refractivity contribution is 6.01. The van der Waals surface area contributed by atoms with Gasteiger partial charge in [0.15, 0.2) is 23.1 Å². The standard InChI is InChI=1S/C19H13F3N4O5/c20-11-5-6-12(16(22)15(11)21)24-13(27)7-23-14(28)8-26-18(29)10-4-2-1-3-9(10)17(25-26)19(30)31/h1-6H,7-8H2,(H,23,28)(H,24,27)(H,30,31). The van der Waals surface area contributed by atoms with Crippen LogP contribution in [-0.2, 0) is 16.1 Å². The van der Waals surface area contributed by atoms with Crippen LogP contribution in [0.4, 0.5) is 18.9 Å². The minimum atomic E-state index is -1.77. The first-order chi connectivity index (χ1) is 14.7. The van der Waals surface area contributed by atoms with E-state index in [9.17, 15) is 37.5 Å². The van der Waals surface area contributed by atoms with Gasteiger partial charge in [-0.15, -0.1) is 0 Å². The molecular formula is C19H13F3N4O5. The van der Waals surface area contributed by atoms with Crippen molar-refractivity contribution < 1.29 is 32.7 Å². The van der Waals surface area contributed by atoms with Gasteiger partial charge in [-0.1, -0.05) is 18.2 Å². The van der Waals surface area contributed by atoms with Gasteiger partial charge in [0.2, 0.25) is 11.8 Å². The molecular weight excluding hydrogens is 421 g/mol. The number of halogens is 3. The number of anilines is 1. The molecule has 0 saturated carbocycles. The number of fused-ring (bicyclic) bond motifs is 1. The fourth-order valence-corrected chi connectivity index (χ4v) is 2.69. The number of nitrogens with one attached hydrogen (secondary N) is 2. The zero-order valence-corrected chi connectivity index (χ0v) is 15.5. The van der Waals surface area contributed by atoms with Crippen LogP contribution in [0.15, 0.2) is 41.2 Å². The molecule has 12 heteroatoms. The van der Waals surface area contributed by atoms with E-state index < -0.39 is 65.3 Å². The van der Waals surface area contributed by atoms with Crippen molar-refractivity contribution in [1.82, 2.24) is 15.1 Å². The lowest BCUT2D eigenvalue weighted by atomic mass is 10.1. The lowest BCUT2D eigenvalue weighted by Gasteiger charge is -2.10. The van der Waals surface area contributed by atoms with Gasteiger partial charge in [0.25, 0.3) is 5.56 Å². The molecule has 3 rings (SSSR count). The van der Waals surface area contributed by atoms with Crippen LogP contribution in [0.2, 0.25) is 0 Å². The number of hydrogen-bond acceptors (Lipinski definition) is 5. The Morgan fingerprint density at radius 3 is 2.32 bits per heavy atom. The number of rotatable bonds is 6. The first-order valence-corrected chi connectivity index (χ1v) is 8.62. The topological polar surface area (TPSA) is 130 Å². The molecule has 0 aliphatic heterocycles. The minimum Gasteiger partial charge on any atom is -0.476 e. The Labute approximate surface area is 171 Å². The van der Waals surface area contributed by atoms with E-state index >= 15 is 0 Å². The third-order valence-corrected chi connectivity index (χ3v) is 4.12. The number of amides is 2. The average Bonchev–Trinajstić information content (AvgIpc) is 2.74. The fraction of sp³-hybridized carbons (Fsp3) is 0.105. The van der Waals surface area contributed by atoms with Crippen LogP contribution in [0.3, 0.4) is 0 Å². The molecule has 0 radical (unpaired) electrons. The van der Waals surface area contributed by atoms with Crippen LogP contribution in [0, 0.1) is 17.5 Å². The van der Waals surface area contributed by atoms with Gasteiger partial charge in [-0.2, -0.15) is 5.10 Å². The summed E-state index contributed by atoms with van der Waals surface area (Å²) in [6, 6.07) is 7.25. The highest BCUT2D eigenvalue weighted by atomic mass is 19.2. The molecule has 0 unspecified atom stereocenters. The van der Waals surface area contributed by atoms with E-state index in [4.69, 9.17) is 0 Å². The van der Waals surface area contributed by atoms with Crippen molar-refractivity contribution in [3.05, 3.63) is 69.9 Å². The number of carbonyl (C=O) groups is 3. The zero-order valence-electron chi connectivity index (χ0n) is 15.5. The van der Waals surface area contributed by atoms with E-state index in [2.05, 4.69) is 10.4 Å². The Balaban J connectivity index is 1.70. The first-order valence-electron chi connectivity index (χ1n) is 8.62. The van der Waals surface area contributed by atoms with Gasteiger partial charge < -0.3 is 15.7 Å². The van der Waals surface area contributed by atoms with Gasteiger partial charge in [0.1, 0.15) is 6.54 Å². The monoisotopic (exact) mass is 434 g/mol. The molecule has 0 spiro atoms. The maximum Gasteiger partial charge on any atom is 0.357 e. The third kappa shape index (κ3) is 4.52. The Bertz CT molecular complexity index is 1280. The minimum absolute atomic E-state index is 0.0363. The van der Waals surface area contributed by atoms with Gasteiger partial charge >= 0.3 is 5.97 Å². The normalized spacial score (nSPS) is 10.7. The summed E-state index contributed by atoms with van der Waals surface area (Å²) in [5, 5.41) is 17.2. The molecule has 1 aromatic heterocycles. The van der Waals surface area contributed by atoms with Crippen molar-refractivity contribution in [2.75, 3.05) is 11.9 Å². The van der Waals surface area contributed by atoms with Crippen LogP contribution in [0.5, 0.6) is 0 Å². The molecule has 9 nitrogen and oxygen atoms in total. The highest BCUT2D eigenvalue weighted by Gasteiger charge is 2.18. The number of aromatic nitrogens is 2. The summed E-state index contributed by atoms with van der Waals surface area (Å²) in [7, 11) is 0. The smallest absolute Gasteiger partial charge is 0.357 e. The number of carboxylic acids is 1. The highest BCUT2D eigenvalue weighted by Crippen LogP contribution is 2.19. The molecule has 0 fully saturated rings. The van der Waals surface area contributed by atoms with Crippen molar-refractivity contribution >= 4 is 34.2 Å². The number of carbonyl (C=O) groups excluding carboxylic acids is 2. The molecule has 1 heterocycles. The van der Waals surface area contributed by atoms with Gasteiger partial charge in [0, 0.05) is 5.39 Å². The second-order valence-electron chi connectivity index (χ2n) is 6.21. The number of nitrogens with zero attached hydrogens (tertiary/aromatic N) is 2. The maximum absolute atomic E-state index is 13.6. The molecule has 2 amide bonds. The predicted molar refractivity (Wildman–Crippen MR) is 101 cm³/mol. The molecule has 160 valence electrons. The van der Waals surface area contributed by atoms with Gasteiger partial charge in [0.05, 0.1) is 17.6 Å². The summed E-state index contributed by atoms with van der Waals surface area (Å²) < 4.78 is 40.3. The van der Waals surface area contributed by atoms with Crippen LogP contribution in [-0.4, -0.2) is 39.2 Å². The maximum atomic E-state index is 13.6. The van der Waals surface area contributed by atoms with E-state index in [1.165, 1.54) is 24.3 Å². The van der Waals surface area contributed by atoms with Crippen LogP contribution < -0.4 is 16.2 Å². The largest absolute Gasteiger partial charge is 0.476 e. The second-order valence-corrected chi connectivity index (χ2v) is 6.21. The van der Waals surface area contributed by atoms with Gasteiger partial charge in [-0.05, 0) is 18.2 Å². The van der Waals surface area contributed by atoms with Crippen LogP contribution in [0.25, 0.3) is 10.8 Å². The average molecular weight is 434 g/mol. The summed E-state index contributed by atoms with van der Waals surface area (Å²) in [5.41, 5.74) is -1.78. The van der Waals surface area contributed by atoms with Crippen molar-refractivity contribution in [3.8, 4) is 0 Å². The van der Waals surface area contributed by atoms with E-state index in [-0.39, 0.29) is 10.8 Å². The number of aromatic carboxylic acids is 1. The van der Waals surface area contributed by atoms with Crippen molar-refractivity contribution in [2.24, 2.45) is 0 Å². The summed E-state index contributed by atoms with van der Waals surface area (Å²) in [5.74, 6) is -8.04. The van der Waals surface area contributed by atoms with Crippen molar-refractivity contribution in [2.45, 2.75) is 6.54 Å². The second kappa shape index (κ2) is 8.65. The Morgan fingerprint density at radius 1 is 0.968 bits per heavy atom. The molecule has 0 atom stereocenters. The van der Waals surface area contributed by atoms with Crippen LogP contribution >= 0.6 is 0 Å². The molecule has 31 heavy (non-hydrogen) atoms. The van der Waals surface area contributed by atoms with E-state index in [0.29, 0.717) is 10.7 Å². The first kappa shape index (κ1) is 21.5. The molecule has 3 aromatic rings. The molecule has 0 saturated heterocycles. The summed E-state index contributed by atoms with van der Waals surface area (Å²) in [6.07, 6.45) is 0. The number of benzene rings is 2. The Morgan fingerprint density at radius 2 is 1.65 bits per heavy atom. The molecule has 2 aromatic carbocycles. The van der Waals surface area contributed by atoms with Crippen molar-refractivity contribution in [3.63, 3.8) is 0 Å². The SMILES string of the molecule is O=C(Cn1nc(C(=O)O)c2ccccc2c1=O)NCC(=O)Nc1ccc(F)c(F)c1F. The lowest BCUT2D eigenvalue weighted by Crippen LogP contribution is -2.38. The summed E-state index contributed by atoms with van der Waals surface area (Å²) in [4.78, 5) is 47.8. The van der Waals surface area contributed by atoms with E-state index in [1.54, 1.807) is 0 Å². The van der Waals surface area contributed by atoms with Gasteiger partial charge in [-0.25, -0.2) is 22.6 Å². The van der Waals surface area contributed by atoms with Crippen LogP contribution in [0.1, 0.15) is 10.5 Å². The zero-order chi connectivity index (χ0) is 22.7.